The molecular weight excluding hydrogens is 208 g/mol. The molecular formula is C8H8BrO2. The van der Waals surface area contributed by atoms with Crippen molar-refractivity contribution in [1.29, 1.82) is 0 Å². The molecule has 0 aliphatic heterocycles. The third kappa shape index (κ3) is 1.66. The van der Waals surface area contributed by atoms with Crippen LogP contribution in [0.15, 0.2) is 16.6 Å². The lowest BCUT2D eigenvalue weighted by Gasteiger charge is -2.07. The first-order chi connectivity index (χ1) is 5.29. The minimum absolute atomic E-state index is 0.613. The maximum atomic E-state index is 5.06. The van der Waals surface area contributed by atoms with Gasteiger partial charge >= 0.3 is 0 Å². The summed E-state index contributed by atoms with van der Waals surface area (Å²) in [6.07, 6.45) is 0. The zero-order valence-corrected chi connectivity index (χ0v) is 7.94. The highest BCUT2D eigenvalue weighted by Gasteiger charge is 2.05. The Hall–Kier alpha value is -0.700. The predicted molar refractivity (Wildman–Crippen MR) is 46.1 cm³/mol. The van der Waals surface area contributed by atoms with Crippen LogP contribution < -0.4 is 9.47 Å². The van der Waals surface area contributed by atoms with Gasteiger partial charge in [-0.25, -0.2) is 0 Å². The first-order valence-corrected chi connectivity index (χ1v) is 3.87. The summed E-state index contributed by atoms with van der Waals surface area (Å²) in [5.74, 6) is 1.29. The third-order valence-corrected chi connectivity index (χ3v) is 1.90. The Morgan fingerprint density at radius 3 is 2.55 bits per heavy atom. The highest BCUT2D eigenvalue weighted by molar-refractivity contribution is 9.10. The Labute approximate surface area is 74.3 Å². The van der Waals surface area contributed by atoms with E-state index in [-0.39, 0.29) is 0 Å². The summed E-state index contributed by atoms with van der Waals surface area (Å²) in [4.78, 5) is 0. The van der Waals surface area contributed by atoms with E-state index in [4.69, 9.17) is 9.47 Å². The third-order valence-electron chi connectivity index (χ3n) is 1.28. The highest BCUT2D eigenvalue weighted by atomic mass is 79.9. The van der Waals surface area contributed by atoms with E-state index >= 15 is 0 Å². The molecule has 1 rings (SSSR count). The maximum Gasteiger partial charge on any atom is 0.175 e. The molecule has 1 radical (unpaired) electrons. The fraction of sp³-hybridized carbons (Fsp3) is 0.250. The maximum absolute atomic E-state index is 5.06. The van der Waals surface area contributed by atoms with Gasteiger partial charge in [0.25, 0.3) is 0 Å². The van der Waals surface area contributed by atoms with Gasteiger partial charge in [-0.3, -0.25) is 0 Å². The van der Waals surface area contributed by atoms with Crippen LogP contribution in [0, 0.1) is 6.07 Å². The van der Waals surface area contributed by atoms with E-state index < -0.39 is 0 Å². The topological polar surface area (TPSA) is 18.5 Å². The lowest BCUT2D eigenvalue weighted by Crippen LogP contribution is -1.90. The Morgan fingerprint density at radius 1 is 1.36 bits per heavy atom. The number of halogens is 1. The van der Waals surface area contributed by atoms with E-state index in [0.29, 0.717) is 11.5 Å². The molecule has 1 aromatic carbocycles. The van der Waals surface area contributed by atoms with Crippen LogP contribution in [0.3, 0.4) is 0 Å². The molecule has 2 nitrogen and oxygen atoms in total. The smallest absolute Gasteiger partial charge is 0.175 e. The summed E-state index contributed by atoms with van der Waals surface area (Å²) < 4.78 is 10.9. The van der Waals surface area contributed by atoms with Crippen molar-refractivity contribution in [3.63, 3.8) is 0 Å². The molecule has 0 saturated carbocycles. The molecule has 0 amide bonds. The summed E-state index contributed by atoms with van der Waals surface area (Å²) in [5, 5.41) is 0. The summed E-state index contributed by atoms with van der Waals surface area (Å²) in [6, 6.07) is 6.52. The van der Waals surface area contributed by atoms with E-state index in [9.17, 15) is 0 Å². The average Bonchev–Trinajstić information content (AvgIpc) is 2.04. The number of benzene rings is 1. The van der Waals surface area contributed by atoms with Crippen LogP contribution in [0.1, 0.15) is 0 Å². The molecule has 0 saturated heterocycles. The van der Waals surface area contributed by atoms with E-state index in [2.05, 4.69) is 22.0 Å². The molecule has 59 valence electrons. The molecule has 0 N–H and O–H groups in total. The molecule has 0 atom stereocenters. The summed E-state index contributed by atoms with van der Waals surface area (Å²) >= 11 is 3.32. The average molecular weight is 216 g/mol. The second-order valence-corrected chi connectivity index (χ2v) is 2.75. The van der Waals surface area contributed by atoms with Gasteiger partial charge in [-0.1, -0.05) is 0 Å². The summed E-state index contributed by atoms with van der Waals surface area (Å²) in [5.41, 5.74) is 0. The highest BCUT2D eigenvalue weighted by Crippen LogP contribution is 2.33. The van der Waals surface area contributed by atoms with Crippen LogP contribution in [-0.4, -0.2) is 14.2 Å². The van der Waals surface area contributed by atoms with Crippen LogP contribution in [0.2, 0.25) is 0 Å². The molecule has 0 fully saturated rings. The predicted octanol–water partition coefficient (Wildman–Crippen LogP) is 2.27. The van der Waals surface area contributed by atoms with Gasteiger partial charge < -0.3 is 9.47 Å². The van der Waals surface area contributed by atoms with Gasteiger partial charge in [0.05, 0.1) is 18.7 Å². The van der Waals surface area contributed by atoms with E-state index in [1.54, 1.807) is 20.3 Å². The van der Waals surface area contributed by atoms with E-state index in [0.717, 1.165) is 4.47 Å². The van der Waals surface area contributed by atoms with Crippen molar-refractivity contribution in [2.75, 3.05) is 14.2 Å². The van der Waals surface area contributed by atoms with Gasteiger partial charge in [-0.2, -0.15) is 0 Å². The Kier molecular flexibility index (Phi) is 2.76. The van der Waals surface area contributed by atoms with Gasteiger partial charge in [0, 0.05) is 6.07 Å². The number of ether oxygens (including phenoxy) is 2. The first kappa shape index (κ1) is 8.40. The van der Waals surface area contributed by atoms with Crippen LogP contribution in [0.25, 0.3) is 0 Å². The molecule has 3 heteroatoms. The molecule has 0 spiro atoms. The van der Waals surface area contributed by atoms with Gasteiger partial charge in [0.2, 0.25) is 0 Å². The number of hydrogen-bond acceptors (Lipinski definition) is 2. The Morgan fingerprint density at radius 2 is 2.09 bits per heavy atom. The van der Waals surface area contributed by atoms with Crippen molar-refractivity contribution < 1.29 is 9.47 Å². The second-order valence-electron chi connectivity index (χ2n) is 1.89. The van der Waals surface area contributed by atoms with Crippen molar-refractivity contribution in [1.82, 2.24) is 0 Å². The van der Waals surface area contributed by atoms with E-state index in [1.807, 2.05) is 6.07 Å². The fourth-order valence-corrected chi connectivity index (χ4v) is 1.26. The summed E-state index contributed by atoms with van der Waals surface area (Å²) in [6.45, 7) is 0. The quantitative estimate of drug-likeness (QED) is 0.754. The van der Waals surface area contributed by atoms with Crippen LogP contribution in [0.4, 0.5) is 0 Å². The van der Waals surface area contributed by atoms with Crippen LogP contribution in [-0.2, 0) is 0 Å². The zero-order chi connectivity index (χ0) is 8.27. The molecule has 0 aromatic heterocycles. The van der Waals surface area contributed by atoms with E-state index in [1.165, 1.54) is 0 Å². The number of hydrogen-bond donors (Lipinski definition) is 0. The minimum Gasteiger partial charge on any atom is -0.492 e. The molecule has 0 unspecified atom stereocenters. The van der Waals surface area contributed by atoms with Crippen molar-refractivity contribution in [2.45, 2.75) is 0 Å². The molecule has 0 bridgehead atoms. The number of methoxy groups -OCH3 is 2. The zero-order valence-electron chi connectivity index (χ0n) is 6.35. The monoisotopic (exact) mass is 215 g/mol. The molecule has 0 heterocycles. The van der Waals surface area contributed by atoms with Crippen molar-refractivity contribution in [3.8, 4) is 11.5 Å². The lowest BCUT2D eigenvalue weighted by molar-refractivity contribution is 0.352. The Balaban J connectivity index is 3.13. The Bertz CT molecular complexity index is 248. The van der Waals surface area contributed by atoms with Gasteiger partial charge in [-0.15, -0.1) is 0 Å². The molecule has 11 heavy (non-hydrogen) atoms. The van der Waals surface area contributed by atoms with Gasteiger partial charge in [-0.05, 0) is 28.1 Å². The fourth-order valence-electron chi connectivity index (χ4n) is 0.782. The minimum atomic E-state index is 0.613. The SMILES string of the molecule is COc1[c]ccc(Br)c1OC. The van der Waals surface area contributed by atoms with Gasteiger partial charge in [0.1, 0.15) is 0 Å². The lowest BCUT2D eigenvalue weighted by atomic mass is 10.3. The van der Waals surface area contributed by atoms with Crippen LogP contribution >= 0.6 is 15.9 Å². The van der Waals surface area contributed by atoms with Crippen molar-refractivity contribution >= 4 is 15.9 Å². The first-order valence-electron chi connectivity index (χ1n) is 3.07. The standard InChI is InChI=1S/C8H8BrO2/c1-10-7-5-3-4-6(9)8(7)11-2/h3-4H,1-2H3. The molecule has 1 aromatic rings. The van der Waals surface area contributed by atoms with Crippen molar-refractivity contribution in [3.05, 3.63) is 22.7 Å². The van der Waals surface area contributed by atoms with Gasteiger partial charge in [0.15, 0.2) is 11.5 Å². The second kappa shape index (κ2) is 3.62. The largest absolute Gasteiger partial charge is 0.492 e. The molecule has 0 aliphatic rings. The normalized spacial score (nSPS) is 9.36. The molecule has 0 aliphatic carbocycles. The number of rotatable bonds is 2. The van der Waals surface area contributed by atoms with Crippen LogP contribution in [0.5, 0.6) is 11.5 Å². The van der Waals surface area contributed by atoms with Crippen molar-refractivity contribution in [2.24, 2.45) is 0 Å². The summed E-state index contributed by atoms with van der Waals surface area (Å²) in [7, 11) is 3.18.